The number of thiophene rings is 1. The normalized spacial score (nSPS) is 17.1. The lowest BCUT2D eigenvalue weighted by atomic mass is 10.1. The van der Waals surface area contributed by atoms with E-state index in [0.29, 0.717) is 17.9 Å². The van der Waals surface area contributed by atoms with E-state index in [9.17, 15) is 14.9 Å². The van der Waals surface area contributed by atoms with Gasteiger partial charge in [0.25, 0.3) is 11.2 Å². The summed E-state index contributed by atoms with van der Waals surface area (Å²) in [5.74, 6) is 0.520. The Balaban J connectivity index is 1.25. The molecule has 0 unspecified atom stereocenters. The van der Waals surface area contributed by atoms with Crippen molar-refractivity contribution >= 4 is 32.9 Å². The molecule has 4 heterocycles. The highest BCUT2D eigenvalue weighted by Crippen LogP contribution is 2.35. The molecule has 11 heteroatoms. The summed E-state index contributed by atoms with van der Waals surface area (Å²) in [7, 11) is 3.65. The monoisotopic (exact) mass is 498 g/mol. The quantitative estimate of drug-likeness (QED) is 0.378. The van der Waals surface area contributed by atoms with Crippen molar-refractivity contribution in [3.8, 4) is 5.75 Å². The summed E-state index contributed by atoms with van der Waals surface area (Å²) in [5.41, 5.74) is 2.84. The molecule has 2 aliphatic heterocycles. The molecule has 186 valence electrons. The van der Waals surface area contributed by atoms with Gasteiger partial charge in [0.05, 0.1) is 35.5 Å². The Morgan fingerprint density at radius 1 is 1.17 bits per heavy atom. The molecule has 0 radical (unpaired) electrons. The molecule has 0 N–H and O–H groups in total. The van der Waals surface area contributed by atoms with E-state index in [-0.39, 0.29) is 16.2 Å². The third-order valence-electron chi connectivity index (χ3n) is 7.08. The second-order valence-corrected chi connectivity index (χ2v) is 10.4. The Morgan fingerprint density at radius 3 is 2.66 bits per heavy atom. The Kier molecular flexibility index (Phi) is 6.47. The lowest BCUT2D eigenvalue weighted by Crippen LogP contribution is -2.47. The molecule has 1 saturated heterocycles. The van der Waals surface area contributed by atoms with Crippen LogP contribution in [0.2, 0.25) is 0 Å². The van der Waals surface area contributed by atoms with E-state index in [1.54, 1.807) is 36.3 Å². The summed E-state index contributed by atoms with van der Waals surface area (Å²) in [6.07, 6.45) is 2.59. The molecular weight excluding hydrogens is 468 g/mol. The number of nitro groups is 1. The van der Waals surface area contributed by atoms with Gasteiger partial charge in [0, 0.05) is 62.8 Å². The number of ether oxygens (including phenoxy) is 1. The molecular formula is C24H30N6O4S. The Morgan fingerprint density at radius 2 is 1.94 bits per heavy atom. The molecule has 3 aromatic rings. The second kappa shape index (κ2) is 9.56. The molecule has 1 aromatic carbocycles. The van der Waals surface area contributed by atoms with Gasteiger partial charge in [-0.2, -0.15) is 0 Å². The molecule has 1 fully saturated rings. The molecule has 2 aliphatic rings. The number of aryl methyl sites for hydroxylation is 1. The maximum Gasteiger partial charge on any atom is 0.276 e. The van der Waals surface area contributed by atoms with Crippen LogP contribution < -0.4 is 15.2 Å². The topological polar surface area (TPSA) is 97.0 Å². The standard InChI is InChI=1S/C24H30N6O4S/c1-16-12-19(20(34-3)13-18(16)30(32)33)28-9-6-27(7-10-28)8-11-29-15-25-23-22(24(29)31)17-4-5-26(2)14-21(17)35-23/h12-13,15H,4-11,14H2,1-3H3. The number of hydrogen-bond acceptors (Lipinski definition) is 9. The number of methoxy groups -OCH3 is 1. The molecule has 2 aromatic heterocycles. The smallest absolute Gasteiger partial charge is 0.276 e. The molecule has 35 heavy (non-hydrogen) atoms. The van der Waals surface area contributed by atoms with Gasteiger partial charge < -0.3 is 14.5 Å². The number of benzene rings is 1. The maximum absolute atomic E-state index is 13.3. The van der Waals surface area contributed by atoms with Gasteiger partial charge in [-0.3, -0.25) is 24.4 Å². The number of anilines is 1. The van der Waals surface area contributed by atoms with Crippen molar-refractivity contribution in [2.75, 3.05) is 58.3 Å². The molecule has 0 amide bonds. The highest BCUT2D eigenvalue weighted by molar-refractivity contribution is 7.18. The van der Waals surface area contributed by atoms with E-state index >= 15 is 0 Å². The summed E-state index contributed by atoms with van der Waals surface area (Å²) in [5, 5.41) is 12.1. The van der Waals surface area contributed by atoms with Crippen LogP contribution in [-0.2, 0) is 19.5 Å². The first-order chi connectivity index (χ1) is 16.9. The van der Waals surface area contributed by atoms with Crippen LogP contribution in [0.3, 0.4) is 0 Å². The minimum Gasteiger partial charge on any atom is -0.494 e. The highest BCUT2D eigenvalue weighted by atomic mass is 32.1. The largest absolute Gasteiger partial charge is 0.494 e. The first-order valence-corrected chi connectivity index (χ1v) is 12.7. The van der Waals surface area contributed by atoms with Gasteiger partial charge in [0.15, 0.2) is 0 Å². The summed E-state index contributed by atoms with van der Waals surface area (Å²) >= 11 is 1.65. The fourth-order valence-corrected chi connectivity index (χ4v) is 6.29. The lowest BCUT2D eigenvalue weighted by Gasteiger charge is -2.36. The van der Waals surface area contributed by atoms with Crippen LogP contribution in [-0.4, -0.2) is 77.7 Å². The molecule has 0 bridgehead atoms. The van der Waals surface area contributed by atoms with Gasteiger partial charge in [-0.15, -0.1) is 11.3 Å². The van der Waals surface area contributed by atoms with Crippen molar-refractivity contribution in [3.63, 3.8) is 0 Å². The number of nitrogens with zero attached hydrogens (tertiary/aromatic N) is 6. The zero-order valence-electron chi connectivity index (χ0n) is 20.3. The summed E-state index contributed by atoms with van der Waals surface area (Å²) in [6, 6.07) is 3.35. The van der Waals surface area contributed by atoms with Gasteiger partial charge >= 0.3 is 0 Å². The number of hydrogen-bond donors (Lipinski definition) is 0. The third-order valence-corrected chi connectivity index (χ3v) is 8.21. The van der Waals surface area contributed by atoms with Crippen molar-refractivity contribution in [2.45, 2.75) is 26.4 Å². The minimum absolute atomic E-state index is 0.0687. The number of piperazine rings is 1. The number of likely N-dealkylation sites (N-methyl/N-ethyl adjacent to an activating group) is 1. The van der Waals surface area contributed by atoms with E-state index in [4.69, 9.17) is 4.74 Å². The SMILES string of the molecule is COc1cc([N+](=O)[O-])c(C)cc1N1CCN(CCn2cnc3sc4c(c3c2=O)CCN(C)C4)CC1. The first-order valence-electron chi connectivity index (χ1n) is 11.8. The predicted octanol–water partition coefficient (Wildman–Crippen LogP) is 2.49. The Labute approximate surface area is 207 Å². The fraction of sp³-hybridized carbons (Fsp3) is 0.500. The van der Waals surface area contributed by atoms with E-state index in [1.807, 2.05) is 6.07 Å². The molecule has 10 nitrogen and oxygen atoms in total. The summed E-state index contributed by atoms with van der Waals surface area (Å²) < 4.78 is 7.21. The van der Waals surface area contributed by atoms with Crippen LogP contribution in [0.15, 0.2) is 23.3 Å². The lowest BCUT2D eigenvalue weighted by molar-refractivity contribution is -0.385. The maximum atomic E-state index is 13.3. The Hall–Kier alpha value is -3.02. The average Bonchev–Trinajstić information content (AvgIpc) is 3.22. The minimum atomic E-state index is -0.377. The molecule has 0 spiro atoms. The van der Waals surface area contributed by atoms with Gasteiger partial charge in [-0.25, -0.2) is 4.98 Å². The van der Waals surface area contributed by atoms with Crippen molar-refractivity contribution in [1.82, 2.24) is 19.4 Å². The first kappa shape index (κ1) is 23.7. The van der Waals surface area contributed by atoms with Crippen LogP contribution in [0.25, 0.3) is 10.2 Å². The van der Waals surface area contributed by atoms with Crippen LogP contribution >= 0.6 is 11.3 Å². The molecule has 5 rings (SSSR count). The fourth-order valence-electron chi connectivity index (χ4n) is 5.04. The van der Waals surface area contributed by atoms with Crippen LogP contribution in [0.5, 0.6) is 5.75 Å². The van der Waals surface area contributed by atoms with E-state index in [0.717, 1.165) is 68.1 Å². The van der Waals surface area contributed by atoms with Gasteiger partial charge in [-0.1, -0.05) is 0 Å². The van der Waals surface area contributed by atoms with Crippen molar-refractivity contribution < 1.29 is 9.66 Å². The summed E-state index contributed by atoms with van der Waals surface area (Å²) in [4.78, 5) is 37.7. The zero-order valence-corrected chi connectivity index (χ0v) is 21.1. The van der Waals surface area contributed by atoms with Crippen molar-refractivity contribution in [1.29, 1.82) is 0 Å². The van der Waals surface area contributed by atoms with Gasteiger partial charge in [0.2, 0.25) is 0 Å². The van der Waals surface area contributed by atoms with E-state index in [1.165, 1.54) is 16.5 Å². The van der Waals surface area contributed by atoms with Gasteiger partial charge in [0.1, 0.15) is 10.6 Å². The Bertz CT molecular complexity index is 1330. The number of aromatic nitrogens is 2. The van der Waals surface area contributed by atoms with E-state index in [2.05, 4.69) is 26.7 Å². The van der Waals surface area contributed by atoms with Crippen LogP contribution in [0.4, 0.5) is 11.4 Å². The third kappa shape index (κ3) is 4.51. The average molecular weight is 499 g/mol. The van der Waals surface area contributed by atoms with Crippen LogP contribution in [0, 0.1) is 17.0 Å². The van der Waals surface area contributed by atoms with Crippen LogP contribution in [0.1, 0.15) is 16.0 Å². The molecule has 0 saturated carbocycles. The number of rotatable bonds is 6. The molecule has 0 aliphatic carbocycles. The van der Waals surface area contributed by atoms with Crippen molar-refractivity contribution in [2.24, 2.45) is 0 Å². The zero-order chi connectivity index (χ0) is 24.7. The highest BCUT2D eigenvalue weighted by Gasteiger charge is 2.25. The number of nitro benzene ring substituents is 1. The molecule has 0 atom stereocenters. The van der Waals surface area contributed by atoms with Gasteiger partial charge in [-0.05, 0) is 32.0 Å². The second-order valence-electron chi connectivity index (χ2n) is 9.31. The number of fused-ring (bicyclic) bond motifs is 3. The van der Waals surface area contributed by atoms with E-state index < -0.39 is 0 Å². The predicted molar refractivity (Wildman–Crippen MR) is 137 cm³/mol. The summed E-state index contributed by atoms with van der Waals surface area (Å²) in [6.45, 7) is 8.22. The van der Waals surface area contributed by atoms with Crippen molar-refractivity contribution in [3.05, 3.63) is 54.9 Å².